The molecule has 4 N–H and O–H groups in total. The summed E-state index contributed by atoms with van der Waals surface area (Å²) in [5.74, 6) is -0.151. The Morgan fingerprint density at radius 2 is 2.29 bits per heavy atom. The van der Waals surface area contributed by atoms with Crippen LogP contribution in [0.4, 0.5) is 5.69 Å². The Hall–Kier alpha value is -1.46. The number of hydrogen-bond acceptors (Lipinski definition) is 4. The molecular weight excluding hydrogens is 290 g/mol. The second kappa shape index (κ2) is 8.10. The minimum atomic E-state index is -0.207. The highest BCUT2D eigenvalue weighted by atomic mass is 35.5. The first-order valence-electron chi connectivity index (χ1n) is 7.22. The molecule has 1 amide bonds. The number of nitrogens with two attached hydrogens (primary N) is 1. The highest BCUT2D eigenvalue weighted by Gasteiger charge is 2.22. The summed E-state index contributed by atoms with van der Waals surface area (Å²) in [5, 5.41) is 12.5. The van der Waals surface area contributed by atoms with Gasteiger partial charge in [0.05, 0.1) is 5.56 Å². The van der Waals surface area contributed by atoms with Crippen LogP contribution >= 0.6 is 12.4 Å². The highest BCUT2D eigenvalue weighted by molar-refractivity contribution is 5.99. The lowest BCUT2D eigenvalue weighted by molar-refractivity contribution is 0.0904. The van der Waals surface area contributed by atoms with Crippen LogP contribution in [-0.4, -0.2) is 41.6 Å². The third-order valence-electron chi connectivity index (χ3n) is 3.66. The lowest BCUT2D eigenvalue weighted by Crippen LogP contribution is -2.47. The number of phenolic OH excluding ortho intramolecular Hbond substituents is 1. The van der Waals surface area contributed by atoms with Crippen LogP contribution in [0.5, 0.6) is 5.75 Å². The Labute approximate surface area is 131 Å². The van der Waals surface area contributed by atoms with Gasteiger partial charge in [-0.15, -0.1) is 12.4 Å². The number of nitrogen functional groups attached to an aromatic ring is 1. The van der Waals surface area contributed by atoms with E-state index in [2.05, 4.69) is 17.1 Å². The second-order valence-corrected chi connectivity index (χ2v) is 5.38. The highest BCUT2D eigenvalue weighted by Crippen LogP contribution is 2.19. The lowest BCUT2D eigenvalue weighted by atomic mass is 10.0. The zero-order valence-electron chi connectivity index (χ0n) is 12.3. The van der Waals surface area contributed by atoms with E-state index in [-0.39, 0.29) is 30.1 Å². The van der Waals surface area contributed by atoms with Gasteiger partial charge in [0.1, 0.15) is 5.75 Å². The number of carbonyl (C=O) groups is 1. The molecule has 1 aromatic rings. The topological polar surface area (TPSA) is 78.6 Å². The van der Waals surface area contributed by atoms with Gasteiger partial charge in [0, 0.05) is 18.3 Å². The molecule has 21 heavy (non-hydrogen) atoms. The van der Waals surface area contributed by atoms with Crippen molar-refractivity contribution < 1.29 is 9.90 Å². The number of anilines is 1. The summed E-state index contributed by atoms with van der Waals surface area (Å²) in [4.78, 5) is 14.6. The molecule has 1 aliphatic rings. The van der Waals surface area contributed by atoms with Crippen LogP contribution in [0.3, 0.4) is 0 Å². The van der Waals surface area contributed by atoms with Crippen molar-refractivity contribution in [2.45, 2.75) is 32.2 Å². The van der Waals surface area contributed by atoms with Crippen LogP contribution in [0, 0.1) is 0 Å². The van der Waals surface area contributed by atoms with Crippen LogP contribution in [-0.2, 0) is 0 Å². The fourth-order valence-electron chi connectivity index (χ4n) is 2.70. The maximum absolute atomic E-state index is 12.2. The van der Waals surface area contributed by atoms with Gasteiger partial charge in [0.15, 0.2) is 0 Å². The van der Waals surface area contributed by atoms with Crippen LogP contribution in [0.1, 0.15) is 36.5 Å². The predicted molar refractivity (Wildman–Crippen MR) is 87.0 cm³/mol. The van der Waals surface area contributed by atoms with E-state index in [1.165, 1.54) is 12.1 Å². The molecule has 1 unspecified atom stereocenters. The summed E-state index contributed by atoms with van der Waals surface area (Å²) >= 11 is 0. The molecule has 0 aromatic heterocycles. The minimum absolute atomic E-state index is 0. The Morgan fingerprint density at radius 3 is 3.00 bits per heavy atom. The van der Waals surface area contributed by atoms with Gasteiger partial charge in [0.2, 0.25) is 0 Å². The van der Waals surface area contributed by atoms with Crippen molar-refractivity contribution >= 4 is 24.0 Å². The SMILES string of the molecule is CCCN1CCCC(NC(=O)c2cc(O)ccc2N)C1.Cl. The average molecular weight is 314 g/mol. The lowest BCUT2D eigenvalue weighted by Gasteiger charge is -2.33. The van der Waals surface area contributed by atoms with E-state index in [1.807, 2.05) is 0 Å². The fraction of sp³-hybridized carbons (Fsp3) is 0.533. The molecule has 5 nitrogen and oxygen atoms in total. The summed E-state index contributed by atoms with van der Waals surface area (Å²) in [5.41, 5.74) is 6.52. The van der Waals surface area contributed by atoms with Crippen molar-refractivity contribution in [3.63, 3.8) is 0 Å². The van der Waals surface area contributed by atoms with Gasteiger partial charge >= 0.3 is 0 Å². The minimum Gasteiger partial charge on any atom is -0.508 e. The van der Waals surface area contributed by atoms with Crippen molar-refractivity contribution in [3.8, 4) is 5.75 Å². The quantitative estimate of drug-likeness (QED) is 0.587. The van der Waals surface area contributed by atoms with E-state index in [0.29, 0.717) is 11.3 Å². The van der Waals surface area contributed by atoms with Crippen molar-refractivity contribution in [2.24, 2.45) is 0 Å². The smallest absolute Gasteiger partial charge is 0.253 e. The average Bonchev–Trinajstić information content (AvgIpc) is 2.42. The number of amides is 1. The number of rotatable bonds is 4. The van der Waals surface area contributed by atoms with E-state index in [0.717, 1.165) is 38.9 Å². The largest absolute Gasteiger partial charge is 0.508 e. The van der Waals surface area contributed by atoms with E-state index >= 15 is 0 Å². The van der Waals surface area contributed by atoms with E-state index in [9.17, 15) is 9.90 Å². The monoisotopic (exact) mass is 313 g/mol. The van der Waals surface area contributed by atoms with Gasteiger partial charge in [-0.1, -0.05) is 6.92 Å². The summed E-state index contributed by atoms with van der Waals surface area (Å²) in [6, 6.07) is 4.60. The molecule has 1 saturated heterocycles. The summed E-state index contributed by atoms with van der Waals surface area (Å²) in [7, 11) is 0. The van der Waals surface area contributed by atoms with E-state index in [1.54, 1.807) is 6.07 Å². The zero-order valence-corrected chi connectivity index (χ0v) is 13.2. The number of likely N-dealkylation sites (tertiary alicyclic amines) is 1. The number of piperidine rings is 1. The van der Waals surface area contributed by atoms with Gasteiger partial charge in [0.25, 0.3) is 5.91 Å². The maximum Gasteiger partial charge on any atom is 0.253 e. The van der Waals surface area contributed by atoms with E-state index < -0.39 is 0 Å². The van der Waals surface area contributed by atoms with Crippen LogP contribution in [0.25, 0.3) is 0 Å². The van der Waals surface area contributed by atoms with Gasteiger partial charge in [-0.3, -0.25) is 4.79 Å². The summed E-state index contributed by atoms with van der Waals surface area (Å²) < 4.78 is 0. The van der Waals surface area contributed by atoms with Gasteiger partial charge in [-0.05, 0) is 50.6 Å². The van der Waals surface area contributed by atoms with Crippen molar-refractivity contribution in [3.05, 3.63) is 23.8 Å². The normalized spacial score (nSPS) is 18.8. The molecule has 1 aromatic carbocycles. The second-order valence-electron chi connectivity index (χ2n) is 5.38. The zero-order chi connectivity index (χ0) is 14.5. The van der Waals surface area contributed by atoms with Gasteiger partial charge < -0.3 is 21.1 Å². The molecule has 2 rings (SSSR count). The molecule has 0 bridgehead atoms. The fourth-order valence-corrected chi connectivity index (χ4v) is 2.70. The number of nitrogens with one attached hydrogen (secondary N) is 1. The van der Waals surface area contributed by atoms with Gasteiger partial charge in [-0.2, -0.15) is 0 Å². The van der Waals surface area contributed by atoms with Crippen molar-refractivity contribution in [1.29, 1.82) is 0 Å². The number of nitrogens with zero attached hydrogens (tertiary/aromatic N) is 1. The number of carbonyl (C=O) groups excluding carboxylic acids is 1. The number of benzene rings is 1. The third-order valence-corrected chi connectivity index (χ3v) is 3.66. The predicted octanol–water partition coefficient (Wildman–Crippen LogP) is 2.00. The molecule has 1 heterocycles. The summed E-state index contributed by atoms with van der Waals surface area (Å²) in [6.45, 7) is 5.23. The number of hydrogen-bond donors (Lipinski definition) is 3. The standard InChI is InChI=1S/C15H23N3O2.ClH/c1-2-7-18-8-3-4-11(10-18)17-15(20)13-9-12(19)5-6-14(13)16;/h5-6,9,11,19H,2-4,7-8,10,16H2,1H3,(H,17,20);1H. The molecule has 6 heteroatoms. The molecule has 0 spiro atoms. The first kappa shape index (κ1) is 17.6. The van der Waals surface area contributed by atoms with Crippen molar-refractivity contribution in [1.82, 2.24) is 10.2 Å². The van der Waals surface area contributed by atoms with E-state index in [4.69, 9.17) is 5.73 Å². The van der Waals surface area contributed by atoms with Crippen molar-refractivity contribution in [2.75, 3.05) is 25.4 Å². The first-order chi connectivity index (χ1) is 9.60. The Bertz CT molecular complexity index is 480. The molecule has 1 atom stereocenters. The Balaban J connectivity index is 0.00000220. The molecule has 1 aliphatic heterocycles. The Morgan fingerprint density at radius 1 is 1.52 bits per heavy atom. The number of phenols is 1. The molecular formula is C15H24ClN3O2. The molecule has 0 saturated carbocycles. The molecule has 0 radical (unpaired) electrons. The molecule has 1 fully saturated rings. The maximum atomic E-state index is 12.2. The third kappa shape index (κ3) is 4.79. The Kier molecular flexibility index (Phi) is 6.78. The molecule has 118 valence electrons. The molecule has 0 aliphatic carbocycles. The van der Waals surface area contributed by atoms with Gasteiger partial charge in [-0.25, -0.2) is 0 Å². The van der Waals surface area contributed by atoms with Crippen LogP contribution < -0.4 is 11.1 Å². The van der Waals surface area contributed by atoms with Crippen LogP contribution in [0.15, 0.2) is 18.2 Å². The number of halogens is 1. The van der Waals surface area contributed by atoms with Crippen LogP contribution in [0.2, 0.25) is 0 Å². The summed E-state index contributed by atoms with van der Waals surface area (Å²) in [6.07, 6.45) is 3.21. The number of aromatic hydroxyl groups is 1. The first-order valence-corrected chi connectivity index (χ1v) is 7.22.